The number of amides is 1. The highest BCUT2D eigenvalue weighted by atomic mass is 32.2. The van der Waals surface area contributed by atoms with E-state index >= 15 is 0 Å². The van der Waals surface area contributed by atoms with Gasteiger partial charge in [0.2, 0.25) is 10.0 Å². The fraction of sp³-hybridized carbons (Fsp3) is 0.278. The van der Waals surface area contributed by atoms with Gasteiger partial charge in [0.25, 0.3) is 5.91 Å². The van der Waals surface area contributed by atoms with Crippen LogP contribution in [0.5, 0.6) is 5.75 Å². The number of rotatable bonds is 5. The number of carbonyl (C=O) groups excluding carboxylic acids is 1. The second-order valence-corrected chi connectivity index (χ2v) is 7.78. The Kier molecular flexibility index (Phi) is 5.53. The topological polar surface area (TPSA) is 66.9 Å². The average molecular weight is 378 g/mol. The third-order valence-electron chi connectivity index (χ3n) is 4.15. The molecule has 1 fully saturated rings. The molecule has 2 aromatic carbocycles. The minimum Gasteiger partial charge on any atom is -0.484 e. The lowest BCUT2D eigenvalue weighted by Gasteiger charge is -2.33. The van der Waals surface area contributed by atoms with Gasteiger partial charge < -0.3 is 9.64 Å². The van der Waals surface area contributed by atoms with E-state index in [1.165, 1.54) is 28.6 Å². The lowest BCUT2D eigenvalue weighted by Crippen LogP contribution is -2.51. The van der Waals surface area contributed by atoms with Gasteiger partial charge in [0.15, 0.2) is 6.61 Å². The maximum Gasteiger partial charge on any atom is 0.260 e. The quantitative estimate of drug-likeness (QED) is 0.795. The Bertz CT molecular complexity index is 849. The van der Waals surface area contributed by atoms with E-state index in [4.69, 9.17) is 4.74 Å². The Morgan fingerprint density at radius 3 is 2.19 bits per heavy atom. The standard InChI is InChI=1S/C18H19FN2O4S/c19-15-6-8-16(9-7-15)25-14-18(22)20-10-12-21(13-11-20)26(23,24)17-4-2-1-3-5-17/h1-9H,10-14H2. The van der Waals surface area contributed by atoms with Crippen LogP contribution in [0.25, 0.3) is 0 Å². The molecule has 0 aliphatic carbocycles. The number of ether oxygens (including phenoxy) is 1. The highest BCUT2D eigenvalue weighted by molar-refractivity contribution is 7.89. The summed E-state index contributed by atoms with van der Waals surface area (Å²) in [5, 5.41) is 0. The van der Waals surface area contributed by atoms with Gasteiger partial charge in [-0.2, -0.15) is 4.31 Å². The highest BCUT2D eigenvalue weighted by Gasteiger charge is 2.30. The number of halogens is 1. The van der Waals surface area contributed by atoms with E-state index < -0.39 is 10.0 Å². The molecule has 0 radical (unpaired) electrons. The first-order chi connectivity index (χ1) is 12.5. The van der Waals surface area contributed by atoms with E-state index in [0.29, 0.717) is 18.8 Å². The first-order valence-corrected chi connectivity index (χ1v) is 9.62. The average Bonchev–Trinajstić information content (AvgIpc) is 2.68. The van der Waals surface area contributed by atoms with Gasteiger partial charge >= 0.3 is 0 Å². The normalized spacial score (nSPS) is 15.7. The summed E-state index contributed by atoms with van der Waals surface area (Å²) in [7, 11) is -3.54. The molecule has 26 heavy (non-hydrogen) atoms. The Hall–Kier alpha value is -2.45. The zero-order valence-corrected chi connectivity index (χ0v) is 14.9. The molecule has 1 aliphatic rings. The van der Waals surface area contributed by atoms with Crippen LogP contribution in [0.15, 0.2) is 59.5 Å². The minimum absolute atomic E-state index is 0.170. The van der Waals surface area contributed by atoms with Gasteiger partial charge in [0.1, 0.15) is 11.6 Å². The number of nitrogens with zero attached hydrogens (tertiary/aromatic N) is 2. The van der Waals surface area contributed by atoms with E-state index in [1.807, 2.05) is 0 Å². The zero-order chi connectivity index (χ0) is 18.6. The number of carbonyl (C=O) groups is 1. The van der Waals surface area contributed by atoms with Crippen LogP contribution in [0.2, 0.25) is 0 Å². The number of benzene rings is 2. The summed E-state index contributed by atoms with van der Waals surface area (Å²) in [5.41, 5.74) is 0. The SMILES string of the molecule is O=C(COc1ccc(F)cc1)N1CCN(S(=O)(=O)c2ccccc2)CC1. The highest BCUT2D eigenvalue weighted by Crippen LogP contribution is 2.17. The third kappa shape index (κ3) is 4.20. The molecule has 3 rings (SSSR count). The van der Waals surface area contributed by atoms with Gasteiger partial charge in [-0.15, -0.1) is 0 Å². The van der Waals surface area contributed by atoms with Crippen molar-refractivity contribution in [3.05, 3.63) is 60.4 Å². The Morgan fingerprint density at radius 2 is 1.58 bits per heavy atom. The molecule has 0 saturated carbocycles. The number of hydrogen-bond acceptors (Lipinski definition) is 4. The summed E-state index contributed by atoms with van der Waals surface area (Å²) in [5.74, 6) is -0.199. The maximum atomic E-state index is 12.8. The van der Waals surface area contributed by atoms with Crippen molar-refractivity contribution in [2.45, 2.75) is 4.90 Å². The van der Waals surface area contributed by atoms with Gasteiger partial charge in [-0.25, -0.2) is 12.8 Å². The lowest BCUT2D eigenvalue weighted by atomic mass is 10.3. The van der Waals surface area contributed by atoms with Gasteiger partial charge in [0, 0.05) is 26.2 Å². The van der Waals surface area contributed by atoms with Crippen LogP contribution in [-0.4, -0.2) is 56.3 Å². The molecule has 0 unspecified atom stereocenters. The molecule has 0 N–H and O–H groups in total. The first-order valence-electron chi connectivity index (χ1n) is 8.18. The van der Waals surface area contributed by atoms with Crippen molar-refractivity contribution in [2.24, 2.45) is 0 Å². The molecule has 1 saturated heterocycles. The first kappa shape index (κ1) is 18.3. The zero-order valence-electron chi connectivity index (χ0n) is 14.0. The molecule has 0 bridgehead atoms. The molecule has 138 valence electrons. The van der Waals surface area contributed by atoms with Crippen molar-refractivity contribution < 1.29 is 22.3 Å². The van der Waals surface area contributed by atoms with Crippen LogP contribution in [0.1, 0.15) is 0 Å². The van der Waals surface area contributed by atoms with Gasteiger partial charge in [-0.05, 0) is 36.4 Å². The van der Waals surface area contributed by atoms with Crippen LogP contribution < -0.4 is 4.74 Å². The lowest BCUT2D eigenvalue weighted by molar-refractivity contribution is -0.134. The second kappa shape index (κ2) is 7.84. The Morgan fingerprint density at radius 1 is 0.962 bits per heavy atom. The summed E-state index contributed by atoms with van der Waals surface area (Å²) in [6.07, 6.45) is 0. The Labute approximate surface area is 151 Å². The molecule has 8 heteroatoms. The monoisotopic (exact) mass is 378 g/mol. The summed E-state index contributed by atoms with van der Waals surface area (Å²) in [6, 6.07) is 13.7. The van der Waals surface area contributed by atoms with Crippen molar-refractivity contribution in [3.63, 3.8) is 0 Å². The predicted octanol–water partition coefficient (Wildman–Crippen LogP) is 1.74. The van der Waals surface area contributed by atoms with E-state index in [-0.39, 0.29) is 36.3 Å². The summed E-state index contributed by atoms with van der Waals surface area (Å²) in [4.78, 5) is 14.0. The van der Waals surface area contributed by atoms with Crippen molar-refractivity contribution in [2.75, 3.05) is 32.8 Å². The van der Waals surface area contributed by atoms with E-state index in [1.54, 1.807) is 35.2 Å². The van der Waals surface area contributed by atoms with Gasteiger partial charge in [-0.1, -0.05) is 18.2 Å². The molecule has 1 heterocycles. The van der Waals surface area contributed by atoms with Gasteiger partial charge in [0.05, 0.1) is 4.90 Å². The largest absolute Gasteiger partial charge is 0.484 e. The van der Waals surface area contributed by atoms with Crippen molar-refractivity contribution in [1.82, 2.24) is 9.21 Å². The number of hydrogen-bond donors (Lipinski definition) is 0. The molecule has 6 nitrogen and oxygen atoms in total. The Balaban J connectivity index is 1.53. The van der Waals surface area contributed by atoms with E-state index in [9.17, 15) is 17.6 Å². The van der Waals surface area contributed by atoms with Crippen molar-refractivity contribution in [1.29, 1.82) is 0 Å². The smallest absolute Gasteiger partial charge is 0.260 e. The minimum atomic E-state index is -3.54. The van der Waals surface area contributed by atoms with Gasteiger partial charge in [-0.3, -0.25) is 4.79 Å². The molecule has 0 atom stereocenters. The molecule has 2 aromatic rings. The van der Waals surface area contributed by atoms with Crippen molar-refractivity contribution in [3.8, 4) is 5.75 Å². The van der Waals surface area contributed by atoms with Crippen molar-refractivity contribution >= 4 is 15.9 Å². The molecule has 1 aliphatic heterocycles. The molecule has 0 spiro atoms. The summed E-state index contributed by atoms with van der Waals surface area (Å²) >= 11 is 0. The van der Waals surface area contributed by atoms with Crippen LogP contribution in [0.3, 0.4) is 0 Å². The third-order valence-corrected chi connectivity index (χ3v) is 6.06. The molecular weight excluding hydrogens is 359 g/mol. The van der Waals surface area contributed by atoms with E-state index in [0.717, 1.165) is 0 Å². The fourth-order valence-electron chi connectivity index (χ4n) is 2.69. The summed E-state index contributed by atoms with van der Waals surface area (Å²) in [6.45, 7) is 0.908. The maximum absolute atomic E-state index is 12.8. The van der Waals surface area contributed by atoms with Crippen LogP contribution in [-0.2, 0) is 14.8 Å². The predicted molar refractivity (Wildman–Crippen MR) is 93.7 cm³/mol. The van der Waals surface area contributed by atoms with E-state index in [2.05, 4.69) is 0 Å². The van der Waals surface area contributed by atoms with Crippen LogP contribution in [0.4, 0.5) is 4.39 Å². The molecular formula is C18H19FN2O4S. The van der Waals surface area contributed by atoms with Crippen LogP contribution in [0, 0.1) is 5.82 Å². The number of sulfonamides is 1. The summed E-state index contributed by atoms with van der Waals surface area (Å²) < 4.78 is 44.7. The second-order valence-electron chi connectivity index (χ2n) is 5.84. The molecule has 0 aromatic heterocycles. The molecule has 1 amide bonds. The number of piperazine rings is 1. The fourth-order valence-corrected chi connectivity index (χ4v) is 4.13. The van der Waals surface area contributed by atoms with Crippen LogP contribution >= 0.6 is 0 Å².